The lowest BCUT2D eigenvalue weighted by atomic mass is 9.76. The monoisotopic (exact) mass is 703 g/mol. The number of anilines is 2. The molecule has 2 atom stereocenters. The van der Waals surface area contributed by atoms with E-state index in [4.69, 9.17) is 9.47 Å². The zero-order valence-corrected chi connectivity index (χ0v) is 29.9. The van der Waals surface area contributed by atoms with Crippen LogP contribution in [0.1, 0.15) is 70.5 Å². The van der Waals surface area contributed by atoms with Crippen LogP contribution in [0.5, 0.6) is 11.5 Å². The number of amides is 4. The van der Waals surface area contributed by atoms with Crippen LogP contribution in [0.2, 0.25) is 0 Å². The molecule has 3 aliphatic rings. The predicted octanol–water partition coefficient (Wildman–Crippen LogP) is 8.52. The van der Waals surface area contributed by atoms with Gasteiger partial charge in [-0.05, 0) is 90.4 Å². The third-order valence-electron chi connectivity index (χ3n) is 10.5. The molecule has 8 nitrogen and oxygen atoms in total. The Morgan fingerprint density at radius 3 is 1.96 bits per heavy atom. The first-order valence-electron chi connectivity index (χ1n) is 18.3. The molecule has 8 heteroatoms. The summed E-state index contributed by atoms with van der Waals surface area (Å²) in [5.41, 5.74) is 8.78. The highest BCUT2D eigenvalue weighted by Gasteiger charge is 2.40. The number of hydrogen-bond acceptors (Lipinski definition) is 6. The number of hydrogen-bond donors (Lipinski definition) is 1. The summed E-state index contributed by atoms with van der Waals surface area (Å²) in [7, 11) is 0. The minimum atomic E-state index is -0.768. The molecule has 1 N–H and O–H groups in total. The molecule has 0 aromatic heterocycles. The molecule has 0 unspecified atom stereocenters. The molecule has 5 aromatic carbocycles. The van der Waals surface area contributed by atoms with Crippen LogP contribution >= 0.6 is 0 Å². The molecular formula is C45H41N3O5. The zero-order valence-electron chi connectivity index (χ0n) is 29.9. The number of urea groups is 1. The lowest BCUT2D eigenvalue weighted by Gasteiger charge is -2.44. The number of imide groups is 2. The van der Waals surface area contributed by atoms with E-state index in [-0.39, 0.29) is 17.4 Å². The van der Waals surface area contributed by atoms with Crippen molar-refractivity contribution in [2.75, 3.05) is 29.5 Å². The summed E-state index contributed by atoms with van der Waals surface area (Å²) in [6, 6.07) is 37.4. The van der Waals surface area contributed by atoms with Crippen molar-refractivity contribution in [2.24, 2.45) is 0 Å². The second kappa shape index (κ2) is 14.5. The highest BCUT2D eigenvalue weighted by Crippen LogP contribution is 2.50. The van der Waals surface area contributed by atoms with Crippen LogP contribution in [-0.4, -0.2) is 37.5 Å². The maximum atomic E-state index is 14.4. The van der Waals surface area contributed by atoms with Gasteiger partial charge in [-0.1, -0.05) is 96.6 Å². The van der Waals surface area contributed by atoms with Crippen molar-refractivity contribution in [3.8, 4) is 11.5 Å². The molecule has 0 radical (unpaired) electrons. The highest BCUT2D eigenvalue weighted by molar-refractivity contribution is 6.39. The van der Waals surface area contributed by atoms with Crippen molar-refractivity contribution in [3.63, 3.8) is 0 Å². The average molecular weight is 704 g/mol. The number of nitrogens with one attached hydrogen (secondary N) is 1. The van der Waals surface area contributed by atoms with Gasteiger partial charge in [0.25, 0.3) is 11.8 Å². The van der Waals surface area contributed by atoms with Gasteiger partial charge in [0.1, 0.15) is 12.2 Å². The molecule has 8 rings (SSSR count). The Kier molecular flexibility index (Phi) is 9.27. The van der Waals surface area contributed by atoms with Gasteiger partial charge in [-0.25, -0.2) is 9.69 Å². The van der Waals surface area contributed by atoms with Crippen LogP contribution in [0.15, 0.2) is 121 Å². The molecule has 266 valence electrons. The largest absolute Gasteiger partial charge is 0.490 e. The lowest BCUT2D eigenvalue weighted by Crippen LogP contribution is -2.54. The summed E-state index contributed by atoms with van der Waals surface area (Å²) in [4.78, 5) is 44.9. The first kappa shape index (κ1) is 34.0. The van der Waals surface area contributed by atoms with Crippen LogP contribution < -0.4 is 24.6 Å². The van der Waals surface area contributed by atoms with Crippen LogP contribution in [-0.2, 0) is 16.2 Å². The maximum absolute atomic E-state index is 14.4. The van der Waals surface area contributed by atoms with Crippen LogP contribution in [0.25, 0.3) is 6.08 Å². The molecule has 0 aliphatic carbocycles. The van der Waals surface area contributed by atoms with Crippen molar-refractivity contribution in [3.05, 3.63) is 160 Å². The van der Waals surface area contributed by atoms with Crippen LogP contribution in [0.3, 0.4) is 0 Å². The normalized spacial score (nSPS) is 18.8. The van der Waals surface area contributed by atoms with Crippen molar-refractivity contribution < 1.29 is 23.9 Å². The number of ether oxygens (including phenoxy) is 2. The van der Waals surface area contributed by atoms with Crippen LogP contribution in [0, 0.1) is 6.92 Å². The third-order valence-corrected chi connectivity index (χ3v) is 10.5. The standard InChI is InChI=1S/C45H41N3O5/c1-3-52-41-25-31(18-19-40(41)53-28-30-16-14-29(2)15-17-30)24-39-43(49)46-45(51)48(44(39)50)34-26-37-35(32-10-6-4-7-11-32)20-22-47-23-21-36(38(27-34)42(37)47)33-12-8-5-9-13-33/h4-19,24-27,35-36H,3,20-23,28H2,1-2H3,(H,46,49,51)/b39-24+/t35-,36-/m0/s1. The Morgan fingerprint density at radius 1 is 0.736 bits per heavy atom. The Labute approximate surface area is 309 Å². The molecular weight excluding hydrogens is 663 g/mol. The molecule has 53 heavy (non-hydrogen) atoms. The SMILES string of the molecule is CCOc1cc(/C=C2\C(=O)NC(=O)N(c3cc4c5c(c3)[C@H](c3ccccc3)CCN5CC[C@H]4c3ccccc3)C2=O)ccc1OCc1ccc(C)cc1. The number of carbonyl (C=O) groups is 3. The van der Waals surface area contributed by atoms with Gasteiger partial charge in [-0.3, -0.25) is 14.9 Å². The van der Waals surface area contributed by atoms with E-state index in [0.29, 0.717) is 36.0 Å². The number of carbonyl (C=O) groups excluding carboxylic acids is 3. The Hall–Kier alpha value is -6.15. The first-order valence-corrected chi connectivity index (χ1v) is 18.3. The number of rotatable bonds is 9. The van der Waals surface area contributed by atoms with E-state index in [0.717, 1.165) is 47.5 Å². The van der Waals surface area contributed by atoms with Gasteiger partial charge >= 0.3 is 6.03 Å². The Balaban J connectivity index is 1.17. The summed E-state index contributed by atoms with van der Waals surface area (Å²) in [5, 5.41) is 2.44. The van der Waals surface area contributed by atoms with Gasteiger partial charge in [0.2, 0.25) is 0 Å². The Morgan fingerprint density at radius 2 is 1.36 bits per heavy atom. The predicted molar refractivity (Wildman–Crippen MR) is 207 cm³/mol. The molecule has 3 aliphatic heterocycles. The van der Waals surface area contributed by atoms with E-state index in [1.54, 1.807) is 18.2 Å². The molecule has 5 aromatic rings. The highest BCUT2D eigenvalue weighted by atomic mass is 16.5. The van der Waals surface area contributed by atoms with E-state index in [1.807, 2.05) is 62.4 Å². The smallest absolute Gasteiger partial charge is 0.335 e. The first-order chi connectivity index (χ1) is 25.9. The fourth-order valence-electron chi connectivity index (χ4n) is 7.87. The van der Waals surface area contributed by atoms with E-state index >= 15 is 0 Å². The maximum Gasteiger partial charge on any atom is 0.335 e. The average Bonchev–Trinajstić information content (AvgIpc) is 3.18. The fraction of sp³-hybridized carbons (Fsp3) is 0.222. The lowest BCUT2D eigenvalue weighted by molar-refractivity contribution is -0.122. The van der Waals surface area contributed by atoms with E-state index < -0.39 is 17.8 Å². The van der Waals surface area contributed by atoms with Gasteiger partial charge in [0.05, 0.1) is 12.3 Å². The van der Waals surface area contributed by atoms with E-state index in [2.05, 4.69) is 58.7 Å². The van der Waals surface area contributed by atoms with Crippen molar-refractivity contribution in [1.82, 2.24) is 5.32 Å². The van der Waals surface area contributed by atoms with Crippen LogP contribution in [0.4, 0.5) is 16.2 Å². The number of aryl methyl sites for hydroxylation is 1. The van der Waals surface area contributed by atoms with Gasteiger partial charge in [-0.2, -0.15) is 0 Å². The van der Waals surface area contributed by atoms with Crippen molar-refractivity contribution in [2.45, 2.75) is 45.1 Å². The second-order valence-electron chi connectivity index (χ2n) is 13.8. The molecule has 4 amide bonds. The molecule has 1 saturated heterocycles. The fourth-order valence-corrected chi connectivity index (χ4v) is 7.87. The molecule has 1 fully saturated rings. The molecule has 3 heterocycles. The number of barbiturate groups is 1. The van der Waals surface area contributed by atoms with E-state index in [9.17, 15) is 14.4 Å². The van der Waals surface area contributed by atoms with Gasteiger partial charge < -0.3 is 14.4 Å². The number of nitrogens with zero attached hydrogens (tertiary/aromatic N) is 2. The Bertz CT molecular complexity index is 2140. The summed E-state index contributed by atoms with van der Waals surface area (Å²) >= 11 is 0. The molecule has 0 bridgehead atoms. The minimum absolute atomic E-state index is 0.0824. The topological polar surface area (TPSA) is 88.2 Å². The third kappa shape index (κ3) is 6.68. The zero-order chi connectivity index (χ0) is 36.5. The minimum Gasteiger partial charge on any atom is -0.490 e. The van der Waals surface area contributed by atoms with Gasteiger partial charge in [-0.15, -0.1) is 0 Å². The quantitative estimate of drug-likeness (QED) is 0.122. The molecule has 0 saturated carbocycles. The van der Waals surface area contributed by atoms with Gasteiger partial charge in [0.15, 0.2) is 11.5 Å². The summed E-state index contributed by atoms with van der Waals surface area (Å²) in [6.45, 7) is 6.52. The summed E-state index contributed by atoms with van der Waals surface area (Å²) < 4.78 is 12.0. The van der Waals surface area contributed by atoms with E-state index in [1.165, 1.54) is 28.5 Å². The second-order valence-corrected chi connectivity index (χ2v) is 13.8. The van der Waals surface area contributed by atoms with Crippen molar-refractivity contribution in [1.29, 1.82) is 0 Å². The number of benzene rings is 5. The van der Waals surface area contributed by atoms with Crippen molar-refractivity contribution >= 4 is 35.3 Å². The summed E-state index contributed by atoms with van der Waals surface area (Å²) in [6.07, 6.45) is 3.33. The molecule has 0 spiro atoms. The summed E-state index contributed by atoms with van der Waals surface area (Å²) in [5.74, 6) is -0.229. The van der Waals surface area contributed by atoms with Gasteiger partial charge in [0, 0.05) is 30.6 Å².